The van der Waals surface area contributed by atoms with Crippen LogP contribution in [0.1, 0.15) is 25.7 Å². The molecule has 0 radical (unpaired) electrons. The first kappa shape index (κ1) is 14.4. The highest BCUT2D eigenvalue weighted by atomic mass is 16.4. The SMILES string of the molecule is NC(=O)C1CCCN1C(=O)NC1CCN(C(=O)O)CC1. The van der Waals surface area contributed by atoms with Crippen molar-refractivity contribution in [3.05, 3.63) is 0 Å². The van der Waals surface area contributed by atoms with Crippen LogP contribution >= 0.6 is 0 Å². The fraction of sp³-hybridized carbons (Fsp3) is 0.750. The summed E-state index contributed by atoms with van der Waals surface area (Å²) in [5.41, 5.74) is 5.28. The van der Waals surface area contributed by atoms with E-state index < -0.39 is 18.0 Å². The molecule has 112 valence electrons. The first-order valence-electron chi connectivity index (χ1n) is 6.83. The number of rotatable bonds is 2. The molecule has 0 aromatic carbocycles. The Morgan fingerprint density at radius 2 is 1.75 bits per heavy atom. The first-order chi connectivity index (χ1) is 9.49. The number of nitrogens with two attached hydrogens (primary N) is 1. The molecule has 0 bridgehead atoms. The minimum atomic E-state index is -0.928. The van der Waals surface area contributed by atoms with Crippen molar-refractivity contribution in [3.8, 4) is 0 Å². The number of amides is 4. The molecule has 2 saturated heterocycles. The lowest BCUT2D eigenvalue weighted by molar-refractivity contribution is -0.121. The summed E-state index contributed by atoms with van der Waals surface area (Å²) >= 11 is 0. The maximum absolute atomic E-state index is 12.1. The second kappa shape index (κ2) is 5.98. The maximum Gasteiger partial charge on any atom is 0.407 e. The second-order valence-corrected chi connectivity index (χ2v) is 5.25. The molecule has 4 amide bonds. The monoisotopic (exact) mass is 284 g/mol. The molecular formula is C12H20N4O4. The fourth-order valence-corrected chi connectivity index (χ4v) is 2.78. The van der Waals surface area contributed by atoms with Crippen LogP contribution in [0.5, 0.6) is 0 Å². The predicted molar refractivity (Wildman–Crippen MR) is 70.1 cm³/mol. The highest BCUT2D eigenvalue weighted by Gasteiger charge is 2.34. The Balaban J connectivity index is 1.83. The Kier molecular flexibility index (Phi) is 4.31. The Morgan fingerprint density at radius 1 is 1.10 bits per heavy atom. The second-order valence-electron chi connectivity index (χ2n) is 5.25. The Bertz CT molecular complexity index is 406. The Morgan fingerprint density at radius 3 is 2.30 bits per heavy atom. The van der Waals surface area contributed by atoms with Gasteiger partial charge in [-0.2, -0.15) is 0 Å². The summed E-state index contributed by atoms with van der Waals surface area (Å²) < 4.78 is 0. The van der Waals surface area contributed by atoms with Gasteiger partial charge in [0, 0.05) is 25.7 Å². The van der Waals surface area contributed by atoms with Crippen LogP contribution < -0.4 is 11.1 Å². The molecule has 20 heavy (non-hydrogen) atoms. The van der Waals surface area contributed by atoms with Gasteiger partial charge in [0.25, 0.3) is 0 Å². The van der Waals surface area contributed by atoms with Crippen molar-refractivity contribution in [2.24, 2.45) is 5.73 Å². The molecule has 8 heteroatoms. The number of carbonyl (C=O) groups excluding carboxylic acids is 2. The van der Waals surface area contributed by atoms with Crippen molar-refractivity contribution in [2.75, 3.05) is 19.6 Å². The van der Waals surface area contributed by atoms with Gasteiger partial charge in [-0.15, -0.1) is 0 Å². The topological polar surface area (TPSA) is 116 Å². The number of likely N-dealkylation sites (tertiary alicyclic amines) is 2. The van der Waals surface area contributed by atoms with Crippen molar-refractivity contribution in [2.45, 2.75) is 37.8 Å². The van der Waals surface area contributed by atoms with E-state index in [0.29, 0.717) is 38.9 Å². The molecule has 0 aromatic heterocycles. The van der Waals surface area contributed by atoms with Crippen LogP contribution in [0.3, 0.4) is 0 Å². The number of urea groups is 1. The number of nitrogens with zero attached hydrogens (tertiary/aromatic N) is 2. The minimum Gasteiger partial charge on any atom is -0.465 e. The van der Waals surface area contributed by atoms with Gasteiger partial charge in [0.1, 0.15) is 6.04 Å². The smallest absolute Gasteiger partial charge is 0.407 e. The summed E-state index contributed by atoms with van der Waals surface area (Å²) in [5, 5.41) is 11.7. The number of carbonyl (C=O) groups is 3. The zero-order valence-corrected chi connectivity index (χ0v) is 11.2. The van der Waals surface area contributed by atoms with Gasteiger partial charge in [-0.3, -0.25) is 4.79 Å². The Labute approximate surface area is 116 Å². The minimum absolute atomic E-state index is 0.0489. The van der Waals surface area contributed by atoms with Crippen molar-refractivity contribution >= 4 is 18.0 Å². The van der Waals surface area contributed by atoms with Crippen LogP contribution in [0.4, 0.5) is 9.59 Å². The molecule has 0 saturated carbocycles. The van der Waals surface area contributed by atoms with Gasteiger partial charge in [0.2, 0.25) is 5.91 Å². The molecule has 1 unspecified atom stereocenters. The van der Waals surface area contributed by atoms with E-state index in [1.54, 1.807) is 0 Å². The molecule has 0 aromatic rings. The average Bonchev–Trinajstić information content (AvgIpc) is 2.88. The predicted octanol–water partition coefficient (Wildman–Crippen LogP) is -0.212. The van der Waals surface area contributed by atoms with E-state index in [1.165, 1.54) is 9.80 Å². The van der Waals surface area contributed by atoms with E-state index in [-0.39, 0.29) is 12.1 Å². The normalized spacial score (nSPS) is 23.7. The highest BCUT2D eigenvalue weighted by molar-refractivity contribution is 5.86. The maximum atomic E-state index is 12.1. The first-order valence-corrected chi connectivity index (χ1v) is 6.83. The van der Waals surface area contributed by atoms with E-state index in [9.17, 15) is 14.4 Å². The lowest BCUT2D eigenvalue weighted by atomic mass is 10.1. The average molecular weight is 284 g/mol. The molecule has 8 nitrogen and oxygen atoms in total. The van der Waals surface area contributed by atoms with Crippen molar-refractivity contribution in [1.82, 2.24) is 15.1 Å². The summed E-state index contributed by atoms with van der Waals surface area (Å²) in [4.78, 5) is 37.0. The van der Waals surface area contributed by atoms with Gasteiger partial charge >= 0.3 is 12.1 Å². The van der Waals surface area contributed by atoms with Gasteiger partial charge in [0.05, 0.1) is 0 Å². The summed E-state index contributed by atoms with van der Waals surface area (Å²) in [6, 6.07) is -0.846. The van der Waals surface area contributed by atoms with Gasteiger partial charge in [-0.25, -0.2) is 9.59 Å². The van der Waals surface area contributed by atoms with E-state index >= 15 is 0 Å². The number of hydrogen-bond acceptors (Lipinski definition) is 3. The van der Waals surface area contributed by atoms with Crippen LogP contribution in [0.25, 0.3) is 0 Å². The molecule has 2 heterocycles. The van der Waals surface area contributed by atoms with E-state index in [2.05, 4.69) is 5.32 Å². The lowest BCUT2D eigenvalue weighted by Gasteiger charge is -2.32. The number of primary amides is 1. The van der Waals surface area contributed by atoms with Crippen LogP contribution in [0.2, 0.25) is 0 Å². The van der Waals surface area contributed by atoms with Gasteiger partial charge in [-0.05, 0) is 25.7 Å². The van der Waals surface area contributed by atoms with Crippen molar-refractivity contribution in [1.29, 1.82) is 0 Å². The largest absolute Gasteiger partial charge is 0.465 e. The highest BCUT2D eigenvalue weighted by Crippen LogP contribution is 2.18. The zero-order valence-electron chi connectivity index (χ0n) is 11.2. The number of piperidine rings is 1. The fourth-order valence-electron chi connectivity index (χ4n) is 2.78. The Hall–Kier alpha value is -1.99. The lowest BCUT2D eigenvalue weighted by Crippen LogP contribution is -2.53. The molecule has 2 rings (SSSR count). The summed E-state index contributed by atoms with van der Waals surface area (Å²) in [6.45, 7) is 1.37. The van der Waals surface area contributed by atoms with Gasteiger partial charge in [-0.1, -0.05) is 0 Å². The van der Waals surface area contributed by atoms with E-state index in [1.807, 2.05) is 0 Å². The molecule has 0 spiro atoms. The number of hydrogen-bond donors (Lipinski definition) is 3. The quantitative estimate of drug-likeness (QED) is 0.650. The molecule has 2 aliphatic rings. The zero-order chi connectivity index (χ0) is 14.7. The van der Waals surface area contributed by atoms with Crippen LogP contribution in [0.15, 0.2) is 0 Å². The van der Waals surface area contributed by atoms with Gasteiger partial charge in [0.15, 0.2) is 0 Å². The van der Waals surface area contributed by atoms with E-state index in [4.69, 9.17) is 10.8 Å². The van der Waals surface area contributed by atoms with Crippen LogP contribution in [0, 0.1) is 0 Å². The molecule has 1 atom stereocenters. The molecule has 2 fully saturated rings. The van der Waals surface area contributed by atoms with Crippen molar-refractivity contribution in [3.63, 3.8) is 0 Å². The van der Waals surface area contributed by atoms with Gasteiger partial charge < -0.3 is 26.0 Å². The molecule has 2 aliphatic heterocycles. The third-order valence-corrected chi connectivity index (χ3v) is 3.94. The van der Waals surface area contributed by atoms with Crippen LogP contribution in [-0.2, 0) is 4.79 Å². The van der Waals surface area contributed by atoms with Crippen molar-refractivity contribution < 1.29 is 19.5 Å². The molecule has 4 N–H and O–H groups in total. The molecule has 0 aliphatic carbocycles. The third kappa shape index (κ3) is 3.12. The summed E-state index contributed by atoms with van der Waals surface area (Å²) in [6.07, 6.45) is 1.64. The summed E-state index contributed by atoms with van der Waals surface area (Å²) in [5.74, 6) is -0.474. The van der Waals surface area contributed by atoms with E-state index in [0.717, 1.165) is 6.42 Å². The molecular weight excluding hydrogens is 264 g/mol. The number of carboxylic acid groups (broad SMARTS) is 1. The standard InChI is InChI=1S/C12H20N4O4/c13-10(17)9-2-1-5-16(9)11(18)14-8-3-6-15(7-4-8)12(19)20/h8-9H,1-7H2,(H2,13,17)(H,14,18)(H,19,20). The van der Waals surface area contributed by atoms with Crippen LogP contribution in [-0.4, -0.2) is 64.7 Å². The number of nitrogens with one attached hydrogen (secondary N) is 1. The summed E-state index contributed by atoms with van der Waals surface area (Å²) in [7, 11) is 0. The third-order valence-electron chi connectivity index (χ3n) is 3.94.